The van der Waals surface area contributed by atoms with Gasteiger partial charge < -0.3 is 25.6 Å². The molecule has 2 aromatic carbocycles. The average molecular weight is 522 g/mol. The highest BCUT2D eigenvalue weighted by Crippen LogP contribution is 2.30. The van der Waals surface area contributed by atoms with E-state index in [1.54, 1.807) is 0 Å². The number of hydrogen-bond acceptors (Lipinski definition) is 6. The summed E-state index contributed by atoms with van der Waals surface area (Å²) in [6.07, 6.45) is 3.23. The van der Waals surface area contributed by atoms with E-state index < -0.39 is 6.09 Å². The zero-order valence-corrected chi connectivity index (χ0v) is 23.3. The second-order valence-corrected chi connectivity index (χ2v) is 10.8. The number of amides is 2. The van der Waals surface area contributed by atoms with Crippen molar-refractivity contribution in [1.82, 2.24) is 15.5 Å². The average Bonchev–Trinajstić information content (AvgIpc) is 2.92. The van der Waals surface area contributed by atoms with Crippen LogP contribution in [0.4, 0.5) is 16.2 Å². The molecule has 0 spiro atoms. The second kappa shape index (κ2) is 13.1. The molecule has 4 rings (SSSR count). The molecule has 2 fully saturated rings. The molecule has 8 heteroatoms. The third-order valence-corrected chi connectivity index (χ3v) is 7.89. The van der Waals surface area contributed by atoms with Crippen molar-refractivity contribution in [1.29, 1.82) is 0 Å². The van der Waals surface area contributed by atoms with E-state index in [1.165, 1.54) is 18.2 Å². The molecular weight excluding hydrogens is 478 g/mol. The minimum absolute atomic E-state index is 0.0518. The summed E-state index contributed by atoms with van der Waals surface area (Å²) in [4.78, 5) is 29.0. The molecule has 8 nitrogen and oxygen atoms in total. The van der Waals surface area contributed by atoms with Crippen LogP contribution in [0.3, 0.4) is 0 Å². The number of methoxy groups -OCH3 is 1. The van der Waals surface area contributed by atoms with Crippen molar-refractivity contribution in [2.75, 3.05) is 44.0 Å². The highest BCUT2D eigenvalue weighted by Gasteiger charge is 2.29. The molecule has 2 amide bonds. The van der Waals surface area contributed by atoms with Gasteiger partial charge in [0.05, 0.1) is 7.11 Å². The second-order valence-electron chi connectivity index (χ2n) is 10.8. The number of ether oxygens (including phenoxy) is 1. The Balaban J connectivity index is 1.27. The number of anilines is 2. The van der Waals surface area contributed by atoms with Crippen molar-refractivity contribution in [2.45, 2.75) is 64.7 Å². The first-order chi connectivity index (χ1) is 18.3. The zero-order valence-electron chi connectivity index (χ0n) is 23.3. The Bertz CT molecular complexity index is 1100. The lowest BCUT2D eigenvalue weighted by atomic mass is 9.85. The summed E-state index contributed by atoms with van der Waals surface area (Å²) in [6, 6.07) is 15.4. The lowest BCUT2D eigenvalue weighted by molar-refractivity contribution is -0.123. The van der Waals surface area contributed by atoms with Gasteiger partial charge in [-0.2, -0.15) is 0 Å². The van der Waals surface area contributed by atoms with E-state index in [9.17, 15) is 9.59 Å². The van der Waals surface area contributed by atoms with Crippen LogP contribution in [-0.2, 0) is 22.6 Å². The predicted molar refractivity (Wildman–Crippen MR) is 152 cm³/mol. The predicted octanol–water partition coefficient (Wildman–Crippen LogP) is 4.28. The summed E-state index contributed by atoms with van der Waals surface area (Å²) < 4.78 is 4.64. The molecule has 206 valence electrons. The lowest BCUT2D eigenvalue weighted by Gasteiger charge is -2.33. The lowest BCUT2D eigenvalue weighted by Crippen LogP contribution is -2.48. The molecule has 2 aliphatic rings. The summed E-state index contributed by atoms with van der Waals surface area (Å²) in [5, 5.41) is 9.83. The van der Waals surface area contributed by atoms with Gasteiger partial charge in [-0.15, -0.1) is 0 Å². The number of benzene rings is 2. The quantitative estimate of drug-likeness (QED) is 0.481. The van der Waals surface area contributed by atoms with Crippen molar-refractivity contribution in [3.05, 3.63) is 59.2 Å². The fourth-order valence-electron chi connectivity index (χ4n) is 5.60. The number of aryl methyl sites for hydroxylation is 1. The number of nitrogens with zero attached hydrogens (tertiary/aromatic N) is 2. The normalized spacial score (nSPS) is 21.9. The zero-order chi connectivity index (χ0) is 27.1. The Morgan fingerprint density at radius 3 is 2.63 bits per heavy atom. The fourth-order valence-corrected chi connectivity index (χ4v) is 5.60. The van der Waals surface area contributed by atoms with Crippen LogP contribution in [0, 0.1) is 12.8 Å². The smallest absolute Gasteiger partial charge is 0.407 e. The van der Waals surface area contributed by atoms with Gasteiger partial charge in [-0.3, -0.25) is 9.69 Å². The number of alkyl carbamates (subject to hydrolysis) is 1. The molecule has 1 heterocycles. The van der Waals surface area contributed by atoms with Gasteiger partial charge in [0.25, 0.3) is 0 Å². The number of hydrogen-bond donors (Lipinski definition) is 3. The number of carbonyl (C=O) groups is 2. The monoisotopic (exact) mass is 521 g/mol. The molecule has 3 N–H and O–H groups in total. The molecule has 1 saturated carbocycles. The van der Waals surface area contributed by atoms with Gasteiger partial charge in [0.1, 0.15) is 0 Å². The Kier molecular flexibility index (Phi) is 9.63. The van der Waals surface area contributed by atoms with E-state index in [0.717, 1.165) is 68.8 Å². The van der Waals surface area contributed by atoms with E-state index in [1.807, 2.05) is 30.1 Å². The van der Waals surface area contributed by atoms with Gasteiger partial charge in [-0.05, 0) is 80.5 Å². The fraction of sp³-hybridized carbons (Fsp3) is 0.533. The number of rotatable bonds is 8. The van der Waals surface area contributed by atoms with Gasteiger partial charge in [-0.25, -0.2) is 4.79 Å². The third kappa shape index (κ3) is 7.48. The largest absolute Gasteiger partial charge is 0.453 e. The summed E-state index contributed by atoms with van der Waals surface area (Å²) in [6.45, 7) is 8.93. The highest BCUT2D eigenvalue weighted by atomic mass is 16.5. The Labute approximate surface area is 227 Å². The molecule has 1 aliphatic heterocycles. The number of piperazine rings is 1. The van der Waals surface area contributed by atoms with Gasteiger partial charge in [-0.1, -0.05) is 18.2 Å². The van der Waals surface area contributed by atoms with Crippen LogP contribution in [0.25, 0.3) is 0 Å². The SMILES string of the molecule is COC(=O)NCc1cccc(NC2CCC(C(=O)N(C)c3ccc(CN4CCN[C@@H](C)C4)c(C)c3)CC2)c1. The van der Waals surface area contributed by atoms with Gasteiger partial charge >= 0.3 is 6.09 Å². The summed E-state index contributed by atoms with van der Waals surface area (Å²) in [5.41, 5.74) is 5.59. The first kappa shape index (κ1) is 27.9. The summed E-state index contributed by atoms with van der Waals surface area (Å²) in [5.74, 6) is 0.262. The van der Waals surface area contributed by atoms with E-state index in [2.05, 4.69) is 63.7 Å². The molecule has 0 radical (unpaired) electrons. The maximum Gasteiger partial charge on any atom is 0.407 e. The molecular formula is C30H43N5O3. The Hall–Kier alpha value is -3.10. The topological polar surface area (TPSA) is 85.9 Å². The van der Waals surface area contributed by atoms with Crippen LogP contribution in [0.5, 0.6) is 0 Å². The standard InChI is InChI=1S/C30H43N5O3/c1-21-16-28(13-10-25(21)20-35-15-14-31-22(2)19-35)34(3)29(36)24-8-11-26(12-9-24)33-27-7-5-6-23(17-27)18-32-30(37)38-4/h5-7,10,13,16-17,22,24,26,31,33H,8-9,11-12,14-15,18-20H2,1-4H3,(H,32,37)/t22-,24?,26?/m0/s1. The molecule has 2 aromatic rings. The van der Waals surface area contributed by atoms with Crippen molar-refractivity contribution >= 4 is 23.4 Å². The van der Waals surface area contributed by atoms with Crippen molar-refractivity contribution in [2.24, 2.45) is 5.92 Å². The molecule has 38 heavy (non-hydrogen) atoms. The minimum atomic E-state index is -0.438. The molecule has 1 atom stereocenters. The molecule has 1 aliphatic carbocycles. The van der Waals surface area contributed by atoms with Crippen molar-refractivity contribution < 1.29 is 14.3 Å². The van der Waals surface area contributed by atoms with Crippen LogP contribution >= 0.6 is 0 Å². The third-order valence-electron chi connectivity index (χ3n) is 7.89. The van der Waals surface area contributed by atoms with Gasteiger partial charge in [0, 0.05) is 69.1 Å². The van der Waals surface area contributed by atoms with E-state index in [-0.39, 0.29) is 11.8 Å². The van der Waals surface area contributed by atoms with Crippen LogP contribution in [0.2, 0.25) is 0 Å². The molecule has 0 aromatic heterocycles. The first-order valence-electron chi connectivity index (χ1n) is 13.8. The molecule has 1 saturated heterocycles. The molecule has 0 unspecified atom stereocenters. The first-order valence-corrected chi connectivity index (χ1v) is 13.8. The highest BCUT2D eigenvalue weighted by molar-refractivity contribution is 5.94. The summed E-state index contributed by atoms with van der Waals surface area (Å²) in [7, 11) is 3.27. The van der Waals surface area contributed by atoms with E-state index in [0.29, 0.717) is 18.6 Å². The van der Waals surface area contributed by atoms with Crippen molar-refractivity contribution in [3.8, 4) is 0 Å². The van der Waals surface area contributed by atoms with Gasteiger partial charge in [0.15, 0.2) is 0 Å². The molecule has 0 bridgehead atoms. The van der Waals surface area contributed by atoms with Crippen LogP contribution in [0.15, 0.2) is 42.5 Å². The number of carbonyl (C=O) groups excluding carboxylic acids is 2. The van der Waals surface area contributed by atoms with Gasteiger partial charge in [0.2, 0.25) is 5.91 Å². The van der Waals surface area contributed by atoms with Crippen molar-refractivity contribution in [3.63, 3.8) is 0 Å². The van der Waals surface area contributed by atoms with E-state index in [4.69, 9.17) is 0 Å². The number of nitrogens with one attached hydrogen (secondary N) is 3. The van der Waals surface area contributed by atoms with Crippen LogP contribution in [-0.4, -0.2) is 62.8 Å². The maximum atomic E-state index is 13.4. The summed E-state index contributed by atoms with van der Waals surface area (Å²) >= 11 is 0. The minimum Gasteiger partial charge on any atom is -0.453 e. The maximum absolute atomic E-state index is 13.4. The van der Waals surface area contributed by atoms with Crippen LogP contribution < -0.4 is 20.9 Å². The Morgan fingerprint density at radius 1 is 1.13 bits per heavy atom. The Morgan fingerprint density at radius 2 is 1.92 bits per heavy atom. The van der Waals surface area contributed by atoms with Crippen LogP contribution in [0.1, 0.15) is 49.3 Å². The van der Waals surface area contributed by atoms with E-state index >= 15 is 0 Å².